The summed E-state index contributed by atoms with van der Waals surface area (Å²) in [6.07, 6.45) is 1.59. The van der Waals surface area contributed by atoms with Gasteiger partial charge in [0.2, 0.25) is 11.0 Å². The van der Waals surface area contributed by atoms with Gasteiger partial charge in [0.1, 0.15) is 16.1 Å². The van der Waals surface area contributed by atoms with Gasteiger partial charge in [-0.3, -0.25) is 10.1 Å². The Morgan fingerprint density at radius 2 is 2.17 bits per heavy atom. The second-order valence-electron chi connectivity index (χ2n) is 5.33. The summed E-state index contributed by atoms with van der Waals surface area (Å²) in [7, 11) is 0. The van der Waals surface area contributed by atoms with Gasteiger partial charge in [-0.2, -0.15) is 0 Å². The summed E-state index contributed by atoms with van der Waals surface area (Å²) < 4.78 is 5.79. The number of nitrogens with one attached hydrogen (secondary N) is 1. The van der Waals surface area contributed by atoms with Gasteiger partial charge in [0.25, 0.3) is 0 Å². The summed E-state index contributed by atoms with van der Waals surface area (Å²) in [6, 6.07) is 6.14. The number of amides is 1. The Hall–Kier alpha value is -1.66. The lowest BCUT2D eigenvalue weighted by Gasteiger charge is -2.09. The van der Waals surface area contributed by atoms with Crippen molar-refractivity contribution in [1.29, 1.82) is 0 Å². The minimum atomic E-state index is -0.589. The molecule has 1 aromatic heterocycles. The Labute approximate surface area is 145 Å². The largest absolute Gasteiger partial charge is 0.493 e. The molecule has 0 aliphatic rings. The number of hydrogen-bond acceptors (Lipinski definition) is 5. The number of carbonyl (C=O) groups is 1. The molecule has 0 saturated heterocycles. The first-order valence-electron chi connectivity index (χ1n) is 7.43. The number of nitrogens with zero attached hydrogens (tertiary/aromatic N) is 2. The molecule has 0 spiro atoms. The average Bonchev–Trinajstić information content (AvgIpc) is 2.92. The molecule has 2 aromatic rings. The van der Waals surface area contributed by atoms with Crippen molar-refractivity contribution < 1.29 is 9.53 Å². The third-order valence-corrected chi connectivity index (χ3v) is 4.28. The van der Waals surface area contributed by atoms with Crippen molar-refractivity contribution in [3.8, 4) is 5.75 Å². The van der Waals surface area contributed by atoms with E-state index in [1.54, 1.807) is 6.92 Å². The van der Waals surface area contributed by atoms with E-state index in [4.69, 9.17) is 16.3 Å². The van der Waals surface area contributed by atoms with E-state index in [1.165, 1.54) is 16.9 Å². The van der Waals surface area contributed by atoms with Crippen LogP contribution in [0.3, 0.4) is 0 Å². The highest BCUT2D eigenvalue weighted by Crippen LogP contribution is 2.20. The fourth-order valence-electron chi connectivity index (χ4n) is 1.98. The molecule has 1 atom stereocenters. The Morgan fingerprint density at radius 1 is 1.39 bits per heavy atom. The van der Waals surface area contributed by atoms with Gasteiger partial charge in [-0.05, 0) is 38.8 Å². The van der Waals surface area contributed by atoms with Gasteiger partial charge in [0, 0.05) is 6.42 Å². The first kappa shape index (κ1) is 17.7. The predicted molar refractivity (Wildman–Crippen MR) is 93.6 cm³/mol. The van der Waals surface area contributed by atoms with Crippen LogP contribution in [-0.2, 0) is 11.2 Å². The number of aromatic nitrogens is 2. The van der Waals surface area contributed by atoms with Gasteiger partial charge in [0.05, 0.1) is 6.61 Å². The van der Waals surface area contributed by atoms with E-state index in [2.05, 4.69) is 28.5 Å². The van der Waals surface area contributed by atoms with Gasteiger partial charge in [0.15, 0.2) is 0 Å². The number of anilines is 1. The lowest BCUT2D eigenvalue weighted by Crippen LogP contribution is -2.20. The smallest absolute Gasteiger partial charge is 0.243 e. The number of aryl methyl sites for hydroxylation is 3. The van der Waals surface area contributed by atoms with E-state index in [9.17, 15) is 4.79 Å². The van der Waals surface area contributed by atoms with Crippen LogP contribution in [-0.4, -0.2) is 28.1 Å². The van der Waals surface area contributed by atoms with Crippen LogP contribution < -0.4 is 10.1 Å². The third-order valence-electron chi connectivity index (χ3n) is 3.18. The standard InChI is InChI=1S/C16H20ClN3O2S/c1-10-6-7-13(11(2)9-10)22-8-4-5-14-19-20-16(23-14)18-15(21)12(3)17/h6-7,9,12H,4-5,8H2,1-3H3,(H,18,20,21). The monoisotopic (exact) mass is 353 g/mol. The Morgan fingerprint density at radius 3 is 2.87 bits per heavy atom. The lowest BCUT2D eigenvalue weighted by atomic mass is 10.1. The molecule has 1 amide bonds. The third kappa shape index (κ3) is 5.48. The number of ether oxygens (including phenoxy) is 1. The van der Waals surface area contributed by atoms with Crippen molar-refractivity contribution in [2.24, 2.45) is 0 Å². The minimum Gasteiger partial charge on any atom is -0.493 e. The SMILES string of the molecule is Cc1ccc(OCCCc2nnc(NC(=O)C(C)Cl)s2)c(C)c1. The Kier molecular flexibility index (Phi) is 6.36. The van der Waals surface area contributed by atoms with Crippen molar-refractivity contribution in [2.45, 2.75) is 39.0 Å². The second kappa shape index (κ2) is 8.26. The van der Waals surface area contributed by atoms with Crippen LogP contribution in [0.15, 0.2) is 18.2 Å². The molecule has 1 N–H and O–H groups in total. The predicted octanol–water partition coefficient (Wildman–Crippen LogP) is 3.73. The molecule has 0 aliphatic heterocycles. The summed E-state index contributed by atoms with van der Waals surface area (Å²) in [4.78, 5) is 11.5. The van der Waals surface area contributed by atoms with Crippen LogP contribution in [0.4, 0.5) is 5.13 Å². The molecule has 0 saturated carbocycles. The molecule has 0 fully saturated rings. The second-order valence-corrected chi connectivity index (χ2v) is 7.04. The van der Waals surface area contributed by atoms with Gasteiger partial charge in [-0.15, -0.1) is 21.8 Å². The maximum Gasteiger partial charge on any atom is 0.243 e. The van der Waals surface area contributed by atoms with Crippen LogP contribution in [0.25, 0.3) is 0 Å². The molecular formula is C16H20ClN3O2S. The maximum atomic E-state index is 11.5. The summed E-state index contributed by atoms with van der Waals surface area (Å²) >= 11 is 7.06. The number of hydrogen-bond donors (Lipinski definition) is 1. The molecule has 5 nitrogen and oxygen atoms in total. The van der Waals surface area contributed by atoms with Crippen molar-refractivity contribution >= 4 is 34.0 Å². The van der Waals surface area contributed by atoms with E-state index >= 15 is 0 Å². The van der Waals surface area contributed by atoms with Crippen LogP contribution in [0.1, 0.15) is 29.5 Å². The molecule has 124 valence electrons. The van der Waals surface area contributed by atoms with Crippen molar-refractivity contribution in [2.75, 3.05) is 11.9 Å². The summed E-state index contributed by atoms with van der Waals surface area (Å²) in [5.41, 5.74) is 2.37. The van der Waals surface area contributed by atoms with Crippen LogP contribution in [0, 0.1) is 13.8 Å². The molecular weight excluding hydrogens is 334 g/mol. The zero-order valence-corrected chi connectivity index (χ0v) is 15.0. The van der Waals surface area contributed by atoms with E-state index in [0.717, 1.165) is 29.2 Å². The molecule has 1 unspecified atom stereocenters. The summed E-state index contributed by atoms with van der Waals surface area (Å²) in [6.45, 7) is 6.33. The van der Waals surface area contributed by atoms with Crippen LogP contribution >= 0.6 is 22.9 Å². The molecule has 0 aliphatic carbocycles. The first-order valence-corrected chi connectivity index (χ1v) is 8.68. The first-order chi connectivity index (χ1) is 11.0. The molecule has 0 bridgehead atoms. The highest BCUT2D eigenvalue weighted by atomic mass is 35.5. The molecule has 2 rings (SSSR count). The zero-order chi connectivity index (χ0) is 16.8. The van der Waals surface area contributed by atoms with E-state index in [0.29, 0.717) is 11.7 Å². The summed E-state index contributed by atoms with van der Waals surface area (Å²) in [5.74, 6) is 0.643. The topological polar surface area (TPSA) is 64.1 Å². The van der Waals surface area contributed by atoms with E-state index in [1.807, 2.05) is 19.1 Å². The van der Waals surface area contributed by atoms with Gasteiger partial charge in [-0.1, -0.05) is 29.0 Å². The molecule has 1 heterocycles. The number of rotatable bonds is 7. The minimum absolute atomic E-state index is 0.271. The number of halogens is 1. The average molecular weight is 354 g/mol. The number of carbonyl (C=O) groups excluding carboxylic acids is 1. The van der Waals surface area contributed by atoms with Gasteiger partial charge >= 0.3 is 0 Å². The Balaban J connectivity index is 1.76. The van der Waals surface area contributed by atoms with Gasteiger partial charge < -0.3 is 4.74 Å². The van der Waals surface area contributed by atoms with Crippen LogP contribution in [0.2, 0.25) is 0 Å². The normalized spacial score (nSPS) is 12.0. The zero-order valence-electron chi connectivity index (χ0n) is 13.4. The van der Waals surface area contributed by atoms with Crippen molar-refractivity contribution in [3.63, 3.8) is 0 Å². The van der Waals surface area contributed by atoms with Gasteiger partial charge in [-0.25, -0.2) is 0 Å². The lowest BCUT2D eigenvalue weighted by molar-refractivity contribution is -0.115. The van der Waals surface area contributed by atoms with Crippen molar-refractivity contribution in [3.05, 3.63) is 34.3 Å². The fourth-order valence-corrected chi connectivity index (χ4v) is 2.82. The van der Waals surface area contributed by atoms with E-state index < -0.39 is 5.38 Å². The van der Waals surface area contributed by atoms with Crippen LogP contribution in [0.5, 0.6) is 5.75 Å². The Bertz CT molecular complexity index is 673. The molecule has 7 heteroatoms. The molecule has 0 radical (unpaired) electrons. The molecule has 1 aromatic carbocycles. The summed E-state index contributed by atoms with van der Waals surface area (Å²) in [5, 5.41) is 11.4. The fraction of sp³-hybridized carbons (Fsp3) is 0.438. The maximum absolute atomic E-state index is 11.5. The highest BCUT2D eigenvalue weighted by molar-refractivity contribution is 7.15. The van der Waals surface area contributed by atoms with Crippen molar-refractivity contribution in [1.82, 2.24) is 10.2 Å². The number of alkyl halides is 1. The quantitative estimate of drug-likeness (QED) is 0.608. The molecule has 23 heavy (non-hydrogen) atoms. The van der Waals surface area contributed by atoms with E-state index in [-0.39, 0.29) is 5.91 Å². The number of benzene rings is 1. The highest BCUT2D eigenvalue weighted by Gasteiger charge is 2.12.